The van der Waals surface area contributed by atoms with Gasteiger partial charge >= 0.3 is 6.09 Å². The lowest BCUT2D eigenvalue weighted by atomic mass is 10.2. The Hall–Kier alpha value is -3.22. The lowest BCUT2D eigenvalue weighted by Gasteiger charge is -2.20. The molecule has 26 heavy (non-hydrogen) atoms. The third kappa shape index (κ3) is 3.88. The number of carbonyl (C=O) groups excluding carboxylic acids is 1. The second-order valence-electron chi connectivity index (χ2n) is 6.88. The Balaban J connectivity index is 2.02. The van der Waals surface area contributed by atoms with Gasteiger partial charge in [0.05, 0.1) is 5.69 Å². The van der Waals surface area contributed by atoms with E-state index in [2.05, 4.69) is 15.3 Å². The monoisotopic (exact) mass is 352 g/mol. The van der Waals surface area contributed by atoms with Crippen LogP contribution in [0.4, 0.5) is 10.5 Å². The summed E-state index contributed by atoms with van der Waals surface area (Å²) in [5.41, 5.74) is 0.811. The summed E-state index contributed by atoms with van der Waals surface area (Å²) in [6, 6.07) is 10.1. The average Bonchev–Trinajstić information content (AvgIpc) is 2.53. The van der Waals surface area contributed by atoms with Crippen LogP contribution in [0.3, 0.4) is 0 Å². The van der Waals surface area contributed by atoms with Crippen LogP contribution in [-0.4, -0.2) is 26.2 Å². The van der Waals surface area contributed by atoms with Crippen LogP contribution in [0.5, 0.6) is 0 Å². The summed E-state index contributed by atoms with van der Waals surface area (Å²) in [6.07, 6.45) is 1.12. The van der Waals surface area contributed by atoms with Crippen LogP contribution < -0.4 is 10.9 Å². The fraction of sp³-hybridized carbons (Fsp3) is 0.263. The SMILES string of the molecule is Cc1ncc2ccc(=O)n(-c3cccc(NC(=O)OC(C)(C)C)c3)c2n1. The third-order valence-corrected chi connectivity index (χ3v) is 3.50. The number of carbonyl (C=O) groups is 1. The Morgan fingerprint density at radius 1 is 1.19 bits per heavy atom. The van der Waals surface area contributed by atoms with Crippen molar-refractivity contribution in [2.24, 2.45) is 0 Å². The number of amides is 1. The van der Waals surface area contributed by atoms with Crippen molar-refractivity contribution < 1.29 is 9.53 Å². The predicted octanol–water partition coefficient (Wildman–Crippen LogP) is 3.44. The number of fused-ring (bicyclic) bond motifs is 1. The molecule has 2 heterocycles. The van der Waals surface area contributed by atoms with E-state index in [0.29, 0.717) is 22.8 Å². The molecule has 0 saturated carbocycles. The molecule has 1 N–H and O–H groups in total. The van der Waals surface area contributed by atoms with E-state index in [-0.39, 0.29) is 5.56 Å². The summed E-state index contributed by atoms with van der Waals surface area (Å²) >= 11 is 0. The maximum absolute atomic E-state index is 12.5. The Kier molecular flexibility index (Phi) is 4.46. The summed E-state index contributed by atoms with van der Waals surface area (Å²) in [4.78, 5) is 33.0. The zero-order valence-electron chi connectivity index (χ0n) is 15.1. The number of pyridine rings is 1. The molecule has 0 bridgehead atoms. The molecule has 0 aliphatic heterocycles. The van der Waals surface area contributed by atoms with Crippen LogP contribution in [0, 0.1) is 6.92 Å². The molecule has 0 spiro atoms. The van der Waals surface area contributed by atoms with Crippen molar-refractivity contribution in [1.29, 1.82) is 0 Å². The largest absolute Gasteiger partial charge is 0.444 e. The van der Waals surface area contributed by atoms with E-state index < -0.39 is 11.7 Å². The fourth-order valence-electron chi connectivity index (χ4n) is 2.50. The molecular weight excluding hydrogens is 332 g/mol. The highest BCUT2D eigenvalue weighted by atomic mass is 16.6. The Morgan fingerprint density at radius 2 is 1.96 bits per heavy atom. The first-order valence-electron chi connectivity index (χ1n) is 8.19. The zero-order valence-corrected chi connectivity index (χ0v) is 15.1. The highest BCUT2D eigenvalue weighted by Crippen LogP contribution is 2.18. The van der Waals surface area contributed by atoms with Crippen molar-refractivity contribution in [3.63, 3.8) is 0 Å². The Bertz CT molecular complexity index is 1030. The number of hydrogen-bond donors (Lipinski definition) is 1. The van der Waals surface area contributed by atoms with E-state index in [0.717, 1.165) is 5.39 Å². The Labute approximate surface area is 150 Å². The van der Waals surface area contributed by atoms with Gasteiger partial charge in [0.15, 0.2) is 5.65 Å². The van der Waals surface area contributed by atoms with Gasteiger partial charge in [0.2, 0.25) is 0 Å². The van der Waals surface area contributed by atoms with Gasteiger partial charge in [0.1, 0.15) is 11.4 Å². The normalized spacial score (nSPS) is 11.4. The maximum atomic E-state index is 12.5. The van der Waals surface area contributed by atoms with Crippen molar-refractivity contribution in [1.82, 2.24) is 14.5 Å². The van der Waals surface area contributed by atoms with Crippen LogP contribution in [0.1, 0.15) is 26.6 Å². The molecule has 2 aromatic heterocycles. The van der Waals surface area contributed by atoms with Gasteiger partial charge in [-0.05, 0) is 52.0 Å². The van der Waals surface area contributed by atoms with Gasteiger partial charge in [-0.2, -0.15) is 0 Å². The molecule has 3 rings (SSSR count). The van der Waals surface area contributed by atoms with Gasteiger partial charge in [-0.1, -0.05) is 6.07 Å². The van der Waals surface area contributed by atoms with Crippen molar-refractivity contribution in [2.45, 2.75) is 33.3 Å². The smallest absolute Gasteiger partial charge is 0.412 e. The van der Waals surface area contributed by atoms with Gasteiger partial charge in [-0.3, -0.25) is 14.7 Å². The zero-order chi connectivity index (χ0) is 18.9. The van der Waals surface area contributed by atoms with Crippen molar-refractivity contribution in [2.75, 3.05) is 5.32 Å². The summed E-state index contributed by atoms with van der Waals surface area (Å²) < 4.78 is 6.75. The summed E-state index contributed by atoms with van der Waals surface area (Å²) in [6.45, 7) is 7.14. The molecule has 0 fully saturated rings. The summed E-state index contributed by atoms with van der Waals surface area (Å²) in [7, 11) is 0. The van der Waals surface area contributed by atoms with E-state index >= 15 is 0 Å². The highest BCUT2D eigenvalue weighted by molar-refractivity contribution is 5.85. The Morgan fingerprint density at radius 3 is 2.69 bits per heavy atom. The van der Waals surface area contributed by atoms with Gasteiger partial charge in [0.25, 0.3) is 5.56 Å². The standard InChI is InChI=1S/C19H20N4O3/c1-12-20-11-13-8-9-16(24)23(17(13)21-12)15-7-5-6-14(10-15)22-18(25)26-19(2,3)4/h5-11H,1-4H3,(H,22,25). The maximum Gasteiger partial charge on any atom is 0.412 e. The number of ether oxygens (including phenoxy) is 1. The van der Waals surface area contributed by atoms with E-state index in [1.165, 1.54) is 10.6 Å². The van der Waals surface area contributed by atoms with Crippen LogP contribution in [0.25, 0.3) is 16.7 Å². The van der Waals surface area contributed by atoms with E-state index in [1.54, 1.807) is 64.2 Å². The summed E-state index contributed by atoms with van der Waals surface area (Å²) in [5, 5.41) is 3.43. The van der Waals surface area contributed by atoms with Crippen LogP contribution in [-0.2, 0) is 4.74 Å². The van der Waals surface area contributed by atoms with Crippen LogP contribution in [0.15, 0.2) is 47.4 Å². The van der Waals surface area contributed by atoms with Crippen molar-refractivity contribution in [3.8, 4) is 5.69 Å². The van der Waals surface area contributed by atoms with Crippen molar-refractivity contribution in [3.05, 3.63) is 58.8 Å². The fourth-order valence-corrected chi connectivity index (χ4v) is 2.50. The number of rotatable bonds is 2. The van der Waals surface area contributed by atoms with E-state index in [1.807, 2.05) is 0 Å². The predicted molar refractivity (Wildman–Crippen MR) is 99.7 cm³/mol. The first-order valence-corrected chi connectivity index (χ1v) is 8.19. The number of nitrogens with one attached hydrogen (secondary N) is 1. The highest BCUT2D eigenvalue weighted by Gasteiger charge is 2.16. The molecule has 134 valence electrons. The number of hydrogen-bond acceptors (Lipinski definition) is 5. The second-order valence-corrected chi connectivity index (χ2v) is 6.88. The second kappa shape index (κ2) is 6.59. The molecule has 0 aliphatic rings. The molecule has 7 nitrogen and oxygen atoms in total. The van der Waals surface area contributed by atoms with E-state index in [4.69, 9.17) is 4.74 Å². The minimum Gasteiger partial charge on any atom is -0.444 e. The van der Waals surface area contributed by atoms with Gasteiger partial charge in [-0.15, -0.1) is 0 Å². The van der Waals surface area contributed by atoms with Gasteiger partial charge in [0, 0.05) is 23.3 Å². The number of anilines is 1. The van der Waals surface area contributed by atoms with Crippen molar-refractivity contribution >= 4 is 22.8 Å². The third-order valence-electron chi connectivity index (χ3n) is 3.50. The molecule has 1 aromatic carbocycles. The molecule has 0 atom stereocenters. The molecule has 0 radical (unpaired) electrons. The molecular formula is C19H20N4O3. The van der Waals surface area contributed by atoms with E-state index in [9.17, 15) is 9.59 Å². The minimum atomic E-state index is -0.595. The molecule has 0 unspecified atom stereocenters. The van der Waals surface area contributed by atoms with Gasteiger partial charge < -0.3 is 4.74 Å². The summed E-state index contributed by atoms with van der Waals surface area (Å²) in [5.74, 6) is 0.569. The number of benzene rings is 1. The number of aryl methyl sites for hydroxylation is 1. The minimum absolute atomic E-state index is 0.218. The first kappa shape index (κ1) is 17.6. The number of nitrogens with zero attached hydrogens (tertiary/aromatic N) is 3. The average molecular weight is 352 g/mol. The quantitative estimate of drug-likeness (QED) is 0.763. The lowest BCUT2D eigenvalue weighted by molar-refractivity contribution is 0.0636. The molecule has 0 saturated heterocycles. The molecule has 1 amide bonds. The molecule has 0 aliphatic carbocycles. The van der Waals surface area contributed by atoms with Gasteiger partial charge in [-0.25, -0.2) is 14.8 Å². The number of aromatic nitrogens is 3. The first-order chi connectivity index (χ1) is 12.2. The van der Waals surface area contributed by atoms with Crippen LogP contribution in [0.2, 0.25) is 0 Å². The van der Waals surface area contributed by atoms with Crippen LogP contribution >= 0.6 is 0 Å². The topological polar surface area (TPSA) is 86.1 Å². The lowest BCUT2D eigenvalue weighted by Crippen LogP contribution is -2.27. The molecule has 7 heteroatoms. The molecule has 3 aromatic rings.